The number of allylic oxidation sites excluding steroid dienone is 2. The van der Waals surface area contributed by atoms with Crippen LogP contribution in [0.3, 0.4) is 0 Å². The molecule has 1 heterocycles. The molecule has 0 bridgehead atoms. The standard InChI is InChI=1S/C25H32F2N2O2/c1-24(2)16-29(13-12-20(24)19-11-10-18(26)14-21(19)27)22(30)15-25(3,4)28-23(31)17-8-6-5-7-9-17/h6,8-11,14,20H,5,7,12-13,15-16H2,1-4H3,(H,28,31). The number of piperidine rings is 1. The molecule has 1 unspecified atom stereocenters. The van der Waals surface area contributed by atoms with E-state index in [0.29, 0.717) is 30.6 Å². The summed E-state index contributed by atoms with van der Waals surface area (Å²) in [7, 11) is 0. The van der Waals surface area contributed by atoms with Crippen molar-refractivity contribution < 1.29 is 18.4 Å². The second-order valence-corrected chi connectivity index (χ2v) is 9.96. The maximum Gasteiger partial charge on any atom is 0.251 e. The van der Waals surface area contributed by atoms with Crippen molar-refractivity contribution in [3.63, 3.8) is 0 Å². The minimum atomic E-state index is -0.690. The van der Waals surface area contributed by atoms with Gasteiger partial charge in [-0.1, -0.05) is 38.1 Å². The molecule has 1 aliphatic carbocycles. The molecular weight excluding hydrogens is 398 g/mol. The van der Waals surface area contributed by atoms with Crippen molar-refractivity contribution in [2.75, 3.05) is 13.1 Å². The van der Waals surface area contributed by atoms with Gasteiger partial charge in [-0.3, -0.25) is 9.59 Å². The molecule has 4 nitrogen and oxygen atoms in total. The Bertz CT molecular complexity index is 918. The molecule has 0 aromatic heterocycles. The quantitative estimate of drug-likeness (QED) is 0.725. The minimum Gasteiger partial charge on any atom is -0.347 e. The van der Waals surface area contributed by atoms with Crippen molar-refractivity contribution in [2.45, 2.75) is 64.8 Å². The monoisotopic (exact) mass is 430 g/mol. The van der Waals surface area contributed by atoms with E-state index in [1.165, 1.54) is 12.1 Å². The average molecular weight is 431 g/mol. The van der Waals surface area contributed by atoms with Crippen LogP contribution in [-0.2, 0) is 9.59 Å². The Hall–Kier alpha value is -2.50. The minimum absolute atomic E-state index is 0.0374. The van der Waals surface area contributed by atoms with Gasteiger partial charge in [0.1, 0.15) is 11.6 Å². The van der Waals surface area contributed by atoms with Crippen molar-refractivity contribution in [1.29, 1.82) is 0 Å². The Morgan fingerprint density at radius 1 is 1.23 bits per heavy atom. The fourth-order valence-electron chi connectivity index (χ4n) is 4.63. The third-order valence-electron chi connectivity index (χ3n) is 6.22. The summed E-state index contributed by atoms with van der Waals surface area (Å²) in [6.45, 7) is 8.69. The van der Waals surface area contributed by atoms with Gasteiger partial charge in [0.05, 0.1) is 0 Å². The molecule has 1 aromatic rings. The highest BCUT2D eigenvalue weighted by Gasteiger charge is 2.40. The fraction of sp³-hybridized carbons (Fsp3) is 0.520. The second kappa shape index (κ2) is 8.93. The summed E-state index contributed by atoms with van der Waals surface area (Å²) in [5.41, 5.74) is 0.0807. The summed E-state index contributed by atoms with van der Waals surface area (Å²) in [5.74, 6) is -1.43. The Balaban J connectivity index is 1.63. The number of halogens is 2. The predicted molar refractivity (Wildman–Crippen MR) is 117 cm³/mol. The van der Waals surface area contributed by atoms with Gasteiger partial charge in [0.15, 0.2) is 0 Å². The van der Waals surface area contributed by atoms with E-state index in [4.69, 9.17) is 0 Å². The predicted octanol–water partition coefficient (Wildman–Crippen LogP) is 4.87. The number of carbonyl (C=O) groups is 2. The first-order valence-electron chi connectivity index (χ1n) is 10.9. The van der Waals surface area contributed by atoms with Crippen LogP contribution in [0, 0.1) is 17.0 Å². The molecule has 0 radical (unpaired) electrons. The molecule has 1 saturated heterocycles. The van der Waals surface area contributed by atoms with Gasteiger partial charge >= 0.3 is 0 Å². The number of carbonyl (C=O) groups excluding carboxylic acids is 2. The van der Waals surface area contributed by atoms with Crippen molar-refractivity contribution in [3.05, 3.63) is 59.2 Å². The number of amides is 2. The lowest BCUT2D eigenvalue weighted by Gasteiger charge is -2.45. The van der Waals surface area contributed by atoms with Crippen LogP contribution in [0.5, 0.6) is 0 Å². The van der Waals surface area contributed by atoms with Crippen LogP contribution in [0.4, 0.5) is 8.78 Å². The maximum atomic E-state index is 14.4. The molecule has 2 aliphatic rings. The number of likely N-dealkylation sites (tertiary alicyclic amines) is 1. The van der Waals surface area contributed by atoms with Gasteiger partial charge in [0.25, 0.3) is 5.91 Å². The summed E-state index contributed by atoms with van der Waals surface area (Å²) in [6.07, 6.45) is 8.27. The normalized spacial score (nSPS) is 20.9. The molecule has 3 rings (SSSR count). The van der Waals surface area contributed by atoms with Gasteiger partial charge < -0.3 is 10.2 Å². The van der Waals surface area contributed by atoms with E-state index in [-0.39, 0.29) is 29.6 Å². The zero-order valence-electron chi connectivity index (χ0n) is 18.8. The van der Waals surface area contributed by atoms with Crippen LogP contribution < -0.4 is 5.32 Å². The molecule has 168 valence electrons. The first-order valence-corrected chi connectivity index (χ1v) is 10.9. The third-order valence-corrected chi connectivity index (χ3v) is 6.22. The lowest BCUT2D eigenvalue weighted by Crippen LogP contribution is -2.52. The molecule has 1 aromatic carbocycles. The van der Waals surface area contributed by atoms with Gasteiger partial charge in [-0.15, -0.1) is 0 Å². The lowest BCUT2D eigenvalue weighted by molar-refractivity contribution is -0.136. The Kier molecular flexibility index (Phi) is 6.68. The first kappa shape index (κ1) is 23.2. The molecule has 1 N–H and O–H groups in total. The largest absolute Gasteiger partial charge is 0.347 e. The van der Waals surface area contributed by atoms with Crippen LogP contribution in [0.2, 0.25) is 0 Å². The second-order valence-electron chi connectivity index (χ2n) is 9.96. The average Bonchev–Trinajstić information content (AvgIpc) is 2.68. The number of hydrogen-bond donors (Lipinski definition) is 1. The number of benzene rings is 1. The van der Waals surface area contributed by atoms with Gasteiger partial charge in [0.2, 0.25) is 5.91 Å². The summed E-state index contributed by atoms with van der Waals surface area (Å²) in [6, 6.07) is 3.72. The Morgan fingerprint density at radius 3 is 2.58 bits per heavy atom. The van der Waals surface area contributed by atoms with Crippen molar-refractivity contribution in [2.24, 2.45) is 5.41 Å². The van der Waals surface area contributed by atoms with Crippen LogP contribution in [0.25, 0.3) is 0 Å². The van der Waals surface area contributed by atoms with Crippen LogP contribution >= 0.6 is 0 Å². The van der Waals surface area contributed by atoms with E-state index >= 15 is 0 Å². The highest BCUT2D eigenvalue weighted by Crippen LogP contribution is 2.43. The number of nitrogens with zero attached hydrogens (tertiary/aromatic N) is 1. The summed E-state index contributed by atoms with van der Waals surface area (Å²) in [4.78, 5) is 27.3. The van der Waals surface area contributed by atoms with Gasteiger partial charge in [-0.05, 0) is 56.1 Å². The maximum absolute atomic E-state index is 14.4. The van der Waals surface area contributed by atoms with Crippen LogP contribution in [0.1, 0.15) is 64.9 Å². The van der Waals surface area contributed by atoms with Crippen molar-refractivity contribution in [1.82, 2.24) is 10.2 Å². The molecule has 2 amide bonds. The van der Waals surface area contributed by atoms with Crippen molar-refractivity contribution >= 4 is 11.8 Å². The topological polar surface area (TPSA) is 49.4 Å². The van der Waals surface area contributed by atoms with E-state index in [1.807, 2.05) is 45.9 Å². The van der Waals surface area contributed by atoms with Gasteiger partial charge in [0, 0.05) is 36.7 Å². The summed E-state index contributed by atoms with van der Waals surface area (Å²) >= 11 is 0. The van der Waals surface area contributed by atoms with E-state index in [0.717, 1.165) is 18.9 Å². The summed E-state index contributed by atoms with van der Waals surface area (Å²) in [5, 5.41) is 2.97. The fourth-order valence-corrected chi connectivity index (χ4v) is 4.63. The third kappa shape index (κ3) is 5.60. The molecule has 31 heavy (non-hydrogen) atoms. The molecule has 1 atom stereocenters. The van der Waals surface area contributed by atoms with Crippen LogP contribution in [-0.4, -0.2) is 35.3 Å². The summed E-state index contributed by atoms with van der Waals surface area (Å²) < 4.78 is 27.7. The lowest BCUT2D eigenvalue weighted by atomic mass is 9.70. The molecule has 6 heteroatoms. The first-order chi connectivity index (χ1) is 14.5. The highest BCUT2D eigenvalue weighted by molar-refractivity contribution is 5.97. The van der Waals surface area contributed by atoms with E-state index < -0.39 is 17.2 Å². The molecule has 1 aliphatic heterocycles. The van der Waals surface area contributed by atoms with E-state index in [2.05, 4.69) is 5.32 Å². The van der Waals surface area contributed by atoms with Crippen molar-refractivity contribution in [3.8, 4) is 0 Å². The zero-order chi connectivity index (χ0) is 22.8. The Morgan fingerprint density at radius 2 is 1.97 bits per heavy atom. The number of nitrogens with one attached hydrogen (secondary N) is 1. The van der Waals surface area contributed by atoms with Crippen LogP contribution in [0.15, 0.2) is 42.0 Å². The van der Waals surface area contributed by atoms with Gasteiger partial charge in [-0.2, -0.15) is 0 Å². The van der Waals surface area contributed by atoms with Gasteiger partial charge in [-0.25, -0.2) is 8.78 Å². The van der Waals surface area contributed by atoms with E-state index in [1.54, 1.807) is 4.90 Å². The Labute approximate surface area is 183 Å². The number of hydrogen-bond acceptors (Lipinski definition) is 2. The van der Waals surface area contributed by atoms with E-state index in [9.17, 15) is 18.4 Å². The SMILES string of the molecule is CC(C)(CC(=O)N1CCC(c2ccc(F)cc2F)C(C)(C)C1)NC(=O)C1=CCCC=C1. The molecular formula is C25H32F2N2O2. The smallest absolute Gasteiger partial charge is 0.251 e. The molecule has 0 spiro atoms. The highest BCUT2D eigenvalue weighted by atomic mass is 19.1. The molecule has 1 fully saturated rings. The number of rotatable bonds is 5. The molecule has 0 saturated carbocycles. The zero-order valence-corrected chi connectivity index (χ0v) is 18.8.